The second-order valence-corrected chi connectivity index (χ2v) is 6.28. The average Bonchev–Trinajstić information content (AvgIpc) is 2.70. The van der Waals surface area contributed by atoms with Crippen LogP contribution in [0.2, 0.25) is 0 Å². The van der Waals surface area contributed by atoms with E-state index in [0.29, 0.717) is 0 Å². The first-order valence-electron chi connectivity index (χ1n) is 6.50. The lowest BCUT2D eigenvalue weighted by molar-refractivity contribution is 0.0702. The minimum Gasteiger partial charge on any atom is -0.338 e. The number of carbonyl (C=O) groups excluding carboxylic acids is 1. The topological polar surface area (TPSA) is 20.3 Å². The van der Waals surface area contributed by atoms with Gasteiger partial charge in [-0.15, -0.1) is 11.3 Å². The molecule has 0 aromatic carbocycles. The number of carbonyl (C=O) groups is 1. The molecule has 0 spiro atoms. The number of piperidine rings is 1. The number of nitrogens with zero attached hydrogens (tertiary/aromatic N) is 1. The van der Waals surface area contributed by atoms with Gasteiger partial charge in [0.25, 0.3) is 5.91 Å². The van der Waals surface area contributed by atoms with Crippen LogP contribution in [0.4, 0.5) is 0 Å². The number of aryl methyl sites for hydroxylation is 2. The van der Waals surface area contributed by atoms with E-state index < -0.39 is 0 Å². The highest BCUT2D eigenvalue weighted by Crippen LogP contribution is 2.25. The quantitative estimate of drug-likeness (QED) is 0.788. The molecule has 0 unspecified atom stereocenters. The Kier molecular flexibility index (Phi) is 3.87. The van der Waals surface area contributed by atoms with Crippen molar-refractivity contribution >= 4 is 17.2 Å². The first kappa shape index (κ1) is 12.6. The second kappa shape index (κ2) is 5.21. The standard InChI is InChI=1S/C14H21NOS/c1-4-12-9-13(17-11(12)3)14(16)15-7-5-10(2)6-8-15/h9-10H,4-8H2,1-3H3. The lowest BCUT2D eigenvalue weighted by Crippen LogP contribution is -2.37. The summed E-state index contributed by atoms with van der Waals surface area (Å²) < 4.78 is 0. The lowest BCUT2D eigenvalue weighted by Gasteiger charge is -2.29. The third-order valence-electron chi connectivity index (χ3n) is 3.68. The molecule has 94 valence electrons. The zero-order valence-electron chi connectivity index (χ0n) is 11.0. The van der Waals surface area contributed by atoms with E-state index >= 15 is 0 Å². The number of likely N-dealkylation sites (tertiary alicyclic amines) is 1. The summed E-state index contributed by atoms with van der Waals surface area (Å²) in [5, 5.41) is 0. The van der Waals surface area contributed by atoms with Crippen LogP contribution in [0, 0.1) is 12.8 Å². The first-order valence-corrected chi connectivity index (χ1v) is 7.32. The Labute approximate surface area is 108 Å². The molecule has 3 heteroatoms. The van der Waals surface area contributed by atoms with Crippen LogP contribution >= 0.6 is 11.3 Å². The predicted octanol–water partition coefficient (Wildman–Crippen LogP) is 3.49. The maximum absolute atomic E-state index is 12.3. The van der Waals surface area contributed by atoms with Crippen LogP contribution in [0.3, 0.4) is 0 Å². The van der Waals surface area contributed by atoms with Crippen molar-refractivity contribution in [3.63, 3.8) is 0 Å². The molecule has 0 N–H and O–H groups in total. The Bertz CT molecular complexity index is 402. The molecule has 1 fully saturated rings. The minimum absolute atomic E-state index is 0.240. The van der Waals surface area contributed by atoms with E-state index in [-0.39, 0.29) is 5.91 Å². The minimum atomic E-state index is 0.240. The van der Waals surface area contributed by atoms with Crippen molar-refractivity contribution in [2.45, 2.75) is 40.0 Å². The summed E-state index contributed by atoms with van der Waals surface area (Å²) in [4.78, 5) is 16.6. The largest absolute Gasteiger partial charge is 0.338 e. The zero-order chi connectivity index (χ0) is 12.4. The van der Waals surface area contributed by atoms with Gasteiger partial charge < -0.3 is 4.90 Å². The van der Waals surface area contributed by atoms with Gasteiger partial charge >= 0.3 is 0 Å². The smallest absolute Gasteiger partial charge is 0.263 e. The molecular formula is C14H21NOS. The van der Waals surface area contributed by atoms with Crippen LogP contribution in [0.1, 0.15) is 46.8 Å². The van der Waals surface area contributed by atoms with Crippen molar-refractivity contribution in [3.05, 3.63) is 21.4 Å². The number of amides is 1. The molecule has 1 saturated heterocycles. The van der Waals surface area contributed by atoms with Gasteiger partial charge in [0.05, 0.1) is 4.88 Å². The number of hydrogen-bond donors (Lipinski definition) is 0. The van der Waals surface area contributed by atoms with E-state index in [4.69, 9.17) is 0 Å². The van der Waals surface area contributed by atoms with Gasteiger partial charge in [0.1, 0.15) is 0 Å². The van der Waals surface area contributed by atoms with Gasteiger partial charge in [-0.2, -0.15) is 0 Å². The normalized spacial score (nSPS) is 17.5. The van der Waals surface area contributed by atoms with Crippen LogP contribution < -0.4 is 0 Å². The monoisotopic (exact) mass is 251 g/mol. The fourth-order valence-electron chi connectivity index (χ4n) is 2.34. The Morgan fingerprint density at radius 2 is 2.12 bits per heavy atom. The molecule has 2 nitrogen and oxygen atoms in total. The highest BCUT2D eigenvalue weighted by atomic mass is 32.1. The van der Waals surface area contributed by atoms with E-state index in [1.165, 1.54) is 10.4 Å². The maximum atomic E-state index is 12.3. The van der Waals surface area contributed by atoms with Crippen LogP contribution in [0.5, 0.6) is 0 Å². The molecule has 0 aliphatic carbocycles. The third kappa shape index (κ3) is 2.71. The Hall–Kier alpha value is -0.830. The molecule has 0 atom stereocenters. The van der Waals surface area contributed by atoms with Crippen molar-refractivity contribution in [1.29, 1.82) is 0 Å². The van der Waals surface area contributed by atoms with Crippen molar-refractivity contribution in [2.75, 3.05) is 13.1 Å². The van der Waals surface area contributed by atoms with E-state index in [1.807, 2.05) is 4.90 Å². The van der Waals surface area contributed by atoms with Gasteiger partial charge in [0.15, 0.2) is 0 Å². The predicted molar refractivity (Wildman–Crippen MR) is 72.7 cm³/mol. The van der Waals surface area contributed by atoms with Gasteiger partial charge in [-0.25, -0.2) is 0 Å². The third-order valence-corrected chi connectivity index (χ3v) is 4.76. The lowest BCUT2D eigenvalue weighted by atomic mass is 9.99. The fourth-order valence-corrected chi connectivity index (χ4v) is 3.43. The van der Waals surface area contributed by atoms with Crippen LogP contribution in [0.15, 0.2) is 6.07 Å². The van der Waals surface area contributed by atoms with E-state index in [9.17, 15) is 4.79 Å². The zero-order valence-corrected chi connectivity index (χ0v) is 11.8. The molecule has 1 aliphatic rings. The highest BCUT2D eigenvalue weighted by Gasteiger charge is 2.22. The van der Waals surface area contributed by atoms with E-state index in [1.54, 1.807) is 11.3 Å². The fraction of sp³-hybridized carbons (Fsp3) is 0.643. The average molecular weight is 251 g/mol. The molecule has 2 rings (SSSR count). The van der Waals surface area contributed by atoms with Crippen LogP contribution in [-0.2, 0) is 6.42 Å². The molecule has 0 bridgehead atoms. The van der Waals surface area contributed by atoms with Gasteiger partial charge in [-0.3, -0.25) is 4.79 Å². The number of thiophene rings is 1. The number of hydrogen-bond acceptors (Lipinski definition) is 2. The molecule has 1 aromatic rings. The Morgan fingerprint density at radius 1 is 1.47 bits per heavy atom. The molecular weight excluding hydrogens is 230 g/mol. The Balaban J connectivity index is 2.08. The van der Waals surface area contributed by atoms with Gasteiger partial charge in [-0.05, 0) is 43.7 Å². The summed E-state index contributed by atoms with van der Waals surface area (Å²) in [6.07, 6.45) is 3.32. The summed E-state index contributed by atoms with van der Waals surface area (Å²) in [6.45, 7) is 8.38. The summed E-state index contributed by atoms with van der Waals surface area (Å²) in [7, 11) is 0. The van der Waals surface area contributed by atoms with Gasteiger partial charge in [0.2, 0.25) is 0 Å². The summed E-state index contributed by atoms with van der Waals surface area (Å²) >= 11 is 1.65. The van der Waals surface area contributed by atoms with Gasteiger partial charge in [0, 0.05) is 18.0 Å². The van der Waals surface area contributed by atoms with E-state index in [2.05, 4.69) is 26.8 Å². The molecule has 0 saturated carbocycles. The summed E-state index contributed by atoms with van der Waals surface area (Å²) in [5.41, 5.74) is 1.32. The second-order valence-electron chi connectivity index (χ2n) is 5.02. The van der Waals surface area contributed by atoms with E-state index in [0.717, 1.165) is 43.1 Å². The first-order chi connectivity index (χ1) is 8.11. The molecule has 1 aromatic heterocycles. The van der Waals surface area contributed by atoms with Crippen LogP contribution in [-0.4, -0.2) is 23.9 Å². The molecule has 2 heterocycles. The molecule has 1 amide bonds. The molecule has 1 aliphatic heterocycles. The number of rotatable bonds is 2. The van der Waals surface area contributed by atoms with Crippen molar-refractivity contribution in [2.24, 2.45) is 5.92 Å². The highest BCUT2D eigenvalue weighted by molar-refractivity contribution is 7.14. The summed E-state index contributed by atoms with van der Waals surface area (Å²) in [5.74, 6) is 1.01. The molecule has 17 heavy (non-hydrogen) atoms. The Morgan fingerprint density at radius 3 is 2.65 bits per heavy atom. The molecule has 0 radical (unpaired) electrons. The van der Waals surface area contributed by atoms with Crippen molar-refractivity contribution in [3.8, 4) is 0 Å². The maximum Gasteiger partial charge on any atom is 0.263 e. The van der Waals surface area contributed by atoms with Crippen LogP contribution in [0.25, 0.3) is 0 Å². The van der Waals surface area contributed by atoms with Crippen molar-refractivity contribution in [1.82, 2.24) is 4.90 Å². The van der Waals surface area contributed by atoms with Crippen molar-refractivity contribution < 1.29 is 4.79 Å². The summed E-state index contributed by atoms with van der Waals surface area (Å²) in [6, 6.07) is 2.08. The van der Waals surface area contributed by atoms with Gasteiger partial charge in [-0.1, -0.05) is 13.8 Å². The SMILES string of the molecule is CCc1cc(C(=O)N2CCC(C)CC2)sc1C.